The molecule has 1 aromatic heterocycles. The summed E-state index contributed by atoms with van der Waals surface area (Å²) in [6.07, 6.45) is 1.40. The lowest BCUT2D eigenvalue weighted by Gasteiger charge is -2.16. The number of nitrogens with zero attached hydrogens (tertiary/aromatic N) is 3. The zero-order valence-corrected chi connectivity index (χ0v) is 20.2. The van der Waals surface area contributed by atoms with Crippen molar-refractivity contribution < 1.29 is 27.8 Å². The minimum absolute atomic E-state index is 0.0359. The average molecular weight is 497 g/mol. The van der Waals surface area contributed by atoms with E-state index in [2.05, 4.69) is 10.4 Å². The fourth-order valence-corrected chi connectivity index (χ4v) is 4.47. The third-order valence-corrected chi connectivity index (χ3v) is 6.19. The van der Waals surface area contributed by atoms with Gasteiger partial charge in [-0.15, -0.1) is 0 Å². The van der Waals surface area contributed by atoms with Gasteiger partial charge in [-0.3, -0.25) is 14.3 Å². The molecule has 2 amide bonds. The van der Waals surface area contributed by atoms with Gasteiger partial charge in [0, 0.05) is 49.5 Å². The predicted octanol–water partition coefficient (Wildman–Crippen LogP) is 4.50. The molecule has 1 atom stereocenters. The normalized spacial score (nSPS) is 18.0. The Bertz CT molecular complexity index is 1350. The maximum absolute atomic E-state index is 14.9. The third-order valence-electron chi connectivity index (χ3n) is 6.19. The van der Waals surface area contributed by atoms with E-state index in [0.717, 1.165) is 11.6 Å². The van der Waals surface area contributed by atoms with Gasteiger partial charge in [-0.05, 0) is 44.5 Å². The molecular formula is C26H26F2N4O4. The molecule has 0 aliphatic carbocycles. The molecule has 5 rings (SSSR count). The van der Waals surface area contributed by atoms with E-state index in [9.17, 15) is 18.4 Å². The lowest BCUT2D eigenvalue weighted by Crippen LogP contribution is -2.29. The fraction of sp³-hybridized carbons (Fsp3) is 0.346. The molecule has 0 bridgehead atoms. The number of rotatable bonds is 5. The van der Waals surface area contributed by atoms with Crippen molar-refractivity contribution in [3.05, 3.63) is 65.1 Å². The molecular weight excluding hydrogens is 470 g/mol. The predicted molar refractivity (Wildman–Crippen MR) is 128 cm³/mol. The zero-order chi connectivity index (χ0) is 25.6. The lowest BCUT2D eigenvalue weighted by atomic mass is 9.99. The molecule has 1 fully saturated rings. The van der Waals surface area contributed by atoms with Crippen LogP contribution >= 0.6 is 0 Å². The smallest absolute Gasteiger partial charge is 0.257 e. The van der Waals surface area contributed by atoms with Gasteiger partial charge in [0.25, 0.3) is 11.8 Å². The monoisotopic (exact) mass is 496 g/mol. The molecule has 3 aromatic rings. The van der Waals surface area contributed by atoms with Gasteiger partial charge in [0.1, 0.15) is 34.8 Å². The molecule has 0 unspecified atom stereocenters. The summed E-state index contributed by atoms with van der Waals surface area (Å²) < 4.78 is 42.0. The number of benzene rings is 2. The Morgan fingerprint density at radius 2 is 2.03 bits per heavy atom. The number of carbonyl (C=O) groups is 2. The molecule has 2 aliphatic rings. The van der Waals surface area contributed by atoms with E-state index in [-0.39, 0.29) is 36.4 Å². The second-order valence-corrected chi connectivity index (χ2v) is 9.70. The number of amides is 2. The van der Waals surface area contributed by atoms with Crippen LogP contribution in [0.3, 0.4) is 0 Å². The lowest BCUT2D eigenvalue weighted by molar-refractivity contribution is 0.0778. The fourth-order valence-electron chi connectivity index (χ4n) is 4.47. The molecule has 1 N–H and O–H groups in total. The summed E-state index contributed by atoms with van der Waals surface area (Å²) in [5.74, 6) is -0.318. The molecule has 36 heavy (non-hydrogen) atoms. The summed E-state index contributed by atoms with van der Waals surface area (Å²) in [7, 11) is 1.74. The van der Waals surface area contributed by atoms with E-state index in [4.69, 9.17) is 9.47 Å². The van der Waals surface area contributed by atoms with Gasteiger partial charge in [-0.2, -0.15) is 5.10 Å². The van der Waals surface area contributed by atoms with Gasteiger partial charge in [0.2, 0.25) is 0 Å². The minimum Gasteiger partial charge on any atom is -0.487 e. The minimum atomic E-state index is -1.09. The van der Waals surface area contributed by atoms with Crippen molar-refractivity contribution in [2.24, 2.45) is 7.05 Å². The second kappa shape index (κ2) is 8.92. The number of hydrogen-bond acceptors (Lipinski definition) is 5. The first-order valence-electron chi connectivity index (χ1n) is 11.7. The molecule has 1 saturated heterocycles. The Balaban J connectivity index is 1.42. The zero-order valence-electron chi connectivity index (χ0n) is 20.2. The molecule has 8 nitrogen and oxygen atoms in total. The van der Waals surface area contributed by atoms with E-state index in [1.54, 1.807) is 36.1 Å². The molecule has 0 spiro atoms. The van der Waals surface area contributed by atoms with Gasteiger partial charge in [0.15, 0.2) is 5.82 Å². The van der Waals surface area contributed by atoms with Crippen LogP contribution in [-0.4, -0.2) is 51.4 Å². The van der Waals surface area contributed by atoms with Crippen molar-refractivity contribution in [2.45, 2.75) is 38.5 Å². The Hall–Kier alpha value is -3.95. The first-order chi connectivity index (χ1) is 17.1. The second-order valence-electron chi connectivity index (χ2n) is 9.70. The average Bonchev–Trinajstić information content (AvgIpc) is 3.50. The number of aryl methyl sites for hydroxylation is 1. The highest BCUT2D eigenvalue weighted by Gasteiger charge is 2.34. The van der Waals surface area contributed by atoms with E-state index >= 15 is 0 Å². The van der Waals surface area contributed by atoms with Crippen molar-refractivity contribution in [1.29, 1.82) is 0 Å². The number of likely N-dealkylation sites (tertiary alicyclic amines) is 1. The Morgan fingerprint density at radius 3 is 2.69 bits per heavy atom. The molecule has 3 heterocycles. The summed E-state index contributed by atoms with van der Waals surface area (Å²) in [6.45, 7) is 4.06. The van der Waals surface area contributed by atoms with Crippen molar-refractivity contribution in [3.63, 3.8) is 0 Å². The molecule has 10 heteroatoms. The van der Waals surface area contributed by atoms with Gasteiger partial charge < -0.3 is 19.7 Å². The summed E-state index contributed by atoms with van der Waals surface area (Å²) in [5, 5.41) is 6.89. The summed E-state index contributed by atoms with van der Waals surface area (Å²) >= 11 is 0. The largest absolute Gasteiger partial charge is 0.487 e. The van der Waals surface area contributed by atoms with Crippen LogP contribution in [0, 0.1) is 5.82 Å². The number of carbonyl (C=O) groups excluding carboxylic acids is 2. The van der Waals surface area contributed by atoms with Crippen molar-refractivity contribution >= 4 is 17.6 Å². The number of halogens is 2. The Morgan fingerprint density at radius 1 is 1.22 bits per heavy atom. The number of alkyl halides is 1. The quantitative estimate of drug-likeness (QED) is 0.562. The highest BCUT2D eigenvalue weighted by Crippen LogP contribution is 2.43. The van der Waals surface area contributed by atoms with Crippen LogP contribution in [0.15, 0.2) is 42.6 Å². The standard InChI is InChI=1S/C26H26F2N4O4/c1-26(2)13-19-21(10-15(11-22(19)36-26)24(33)29-23-7-8-31(3)30-23)35-17-4-5-18(20(28)12-17)25(34)32-9-6-16(27)14-32/h4-5,7-8,10-12,16H,6,9,13-14H2,1-3H3,(H,29,30,33)/t16-/m0/s1. The summed E-state index contributed by atoms with van der Waals surface area (Å²) in [4.78, 5) is 26.8. The number of nitrogens with one attached hydrogen (secondary N) is 1. The van der Waals surface area contributed by atoms with Crippen LogP contribution < -0.4 is 14.8 Å². The Kier molecular flexibility index (Phi) is 5.89. The van der Waals surface area contributed by atoms with Crippen LogP contribution in [-0.2, 0) is 13.5 Å². The third kappa shape index (κ3) is 4.75. The van der Waals surface area contributed by atoms with Crippen LogP contribution in [0.1, 0.15) is 46.5 Å². The summed E-state index contributed by atoms with van der Waals surface area (Å²) in [6, 6.07) is 8.81. The van der Waals surface area contributed by atoms with Gasteiger partial charge in [-0.25, -0.2) is 8.78 Å². The maximum Gasteiger partial charge on any atom is 0.257 e. The van der Waals surface area contributed by atoms with Gasteiger partial charge >= 0.3 is 0 Å². The molecule has 0 radical (unpaired) electrons. The van der Waals surface area contributed by atoms with Gasteiger partial charge in [0.05, 0.1) is 12.1 Å². The number of fused-ring (bicyclic) bond motifs is 1. The molecule has 2 aromatic carbocycles. The highest BCUT2D eigenvalue weighted by atomic mass is 19.1. The number of anilines is 1. The molecule has 2 aliphatic heterocycles. The van der Waals surface area contributed by atoms with Crippen LogP contribution in [0.4, 0.5) is 14.6 Å². The molecule has 188 valence electrons. The van der Waals surface area contributed by atoms with E-state index < -0.39 is 29.4 Å². The SMILES string of the molecule is Cn1ccc(NC(=O)c2cc(Oc3ccc(C(=O)N4CC[C@H](F)C4)c(F)c3)c3c(c2)OC(C)(C)C3)n1. The van der Waals surface area contributed by atoms with Crippen molar-refractivity contribution in [2.75, 3.05) is 18.4 Å². The maximum atomic E-state index is 14.9. The van der Waals surface area contributed by atoms with E-state index in [1.165, 1.54) is 17.0 Å². The van der Waals surface area contributed by atoms with Crippen LogP contribution in [0.25, 0.3) is 0 Å². The number of aromatic nitrogens is 2. The Labute approximate surface area is 206 Å². The summed E-state index contributed by atoms with van der Waals surface area (Å²) in [5.41, 5.74) is 0.382. The first-order valence-corrected chi connectivity index (χ1v) is 11.7. The van der Waals surface area contributed by atoms with Gasteiger partial charge in [-0.1, -0.05) is 0 Å². The number of hydrogen-bond donors (Lipinski definition) is 1. The van der Waals surface area contributed by atoms with E-state index in [0.29, 0.717) is 23.7 Å². The van der Waals surface area contributed by atoms with E-state index in [1.807, 2.05) is 13.8 Å². The van der Waals surface area contributed by atoms with Crippen LogP contribution in [0.5, 0.6) is 17.2 Å². The van der Waals surface area contributed by atoms with Crippen LogP contribution in [0.2, 0.25) is 0 Å². The topological polar surface area (TPSA) is 85.7 Å². The van der Waals surface area contributed by atoms with Crippen molar-refractivity contribution in [3.8, 4) is 17.2 Å². The highest BCUT2D eigenvalue weighted by molar-refractivity contribution is 6.04. The van der Waals surface area contributed by atoms with Crippen molar-refractivity contribution in [1.82, 2.24) is 14.7 Å². The first kappa shape index (κ1) is 23.8. The molecule has 0 saturated carbocycles. The number of ether oxygens (including phenoxy) is 2.